The molecule has 2 aromatic heterocycles. The summed E-state index contributed by atoms with van der Waals surface area (Å²) in [5, 5.41) is 3.81. The summed E-state index contributed by atoms with van der Waals surface area (Å²) in [4.78, 5) is 31.2. The Balaban J connectivity index is 1.96. The lowest BCUT2D eigenvalue weighted by Crippen LogP contribution is -2.35. The second kappa shape index (κ2) is 6.01. The summed E-state index contributed by atoms with van der Waals surface area (Å²) >= 11 is 0. The van der Waals surface area contributed by atoms with Crippen LogP contribution in [-0.2, 0) is 11.0 Å². The largest absolute Gasteiger partial charge is 0.433 e. The molecule has 0 spiro atoms. The highest BCUT2D eigenvalue weighted by Crippen LogP contribution is 2.30. The van der Waals surface area contributed by atoms with Gasteiger partial charge in [0.1, 0.15) is 5.69 Å². The van der Waals surface area contributed by atoms with Crippen molar-refractivity contribution in [2.45, 2.75) is 19.5 Å². The molecule has 25 heavy (non-hydrogen) atoms. The maximum Gasteiger partial charge on any atom is 0.433 e. The Morgan fingerprint density at radius 1 is 1.20 bits per heavy atom. The normalized spacial score (nSPS) is 16.4. The number of aryl methyl sites for hydroxylation is 1. The second-order valence-corrected chi connectivity index (χ2v) is 5.94. The quantitative estimate of drug-likeness (QED) is 0.775. The molecule has 0 bridgehead atoms. The summed E-state index contributed by atoms with van der Waals surface area (Å²) in [5.41, 5.74) is -0.972. The first-order valence-electron chi connectivity index (χ1n) is 7.64. The number of nitrogens with zero attached hydrogens (tertiary/aromatic N) is 5. The van der Waals surface area contributed by atoms with Gasteiger partial charge in [0.25, 0.3) is 5.91 Å². The van der Waals surface area contributed by atoms with Crippen LogP contribution in [0.4, 0.5) is 13.2 Å². The summed E-state index contributed by atoms with van der Waals surface area (Å²) in [5.74, 6) is -0.596. The van der Waals surface area contributed by atoms with Crippen LogP contribution in [0, 0.1) is 6.92 Å². The van der Waals surface area contributed by atoms with Gasteiger partial charge in [-0.2, -0.15) is 18.3 Å². The molecule has 0 radical (unpaired) electrons. The van der Waals surface area contributed by atoms with E-state index < -0.39 is 17.8 Å². The Labute approximate surface area is 141 Å². The molecule has 0 saturated carbocycles. The van der Waals surface area contributed by atoms with E-state index in [1.807, 2.05) is 0 Å². The van der Waals surface area contributed by atoms with Gasteiger partial charge in [-0.25, -0.2) is 9.50 Å². The zero-order valence-corrected chi connectivity index (χ0v) is 13.7. The first-order chi connectivity index (χ1) is 11.7. The third kappa shape index (κ3) is 3.28. The van der Waals surface area contributed by atoms with Crippen LogP contribution >= 0.6 is 0 Å². The fraction of sp³-hybridized carbons (Fsp3) is 0.467. The van der Waals surface area contributed by atoms with E-state index >= 15 is 0 Å². The predicted molar refractivity (Wildman–Crippen MR) is 80.9 cm³/mol. The summed E-state index contributed by atoms with van der Waals surface area (Å²) < 4.78 is 40.2. The third-order valence-electron chi connectivity index (χ3n) is 4.08. The van der Waals surface area contributed by atoms with E-state index in [1.165, 1.54) is 22.8 Å². The molecule has 10 heteroatoms. The smallest absolute Gasteiger partial charge is 0.344 e. The molecule has 0 N–H and O–H groups in total. The Morgan fingerprint density at radius 3 is 2.60 bits per heavy atom. The van der Waals surface area contributed by atoms with Crippen LogP contribution in [0.2, 0.25) is 0 Å². The summed E-state index contributed by atoms with van der Waals surface area (Å²) in [6.07, 6.45) is -4.45. The average Bonchev–Trinajstić information content (AvgIpc) is 2.87. The van der Waals surface area contributed by atoms with E-state index in [4.69, 9.17) is 0 Å². The lowest BCUT2D eigenvalue weighted by atomic mass is 10.3. The van der Waals surface area contributed by atoms with Crippen LogP contribution in [0.3, 0.4) is 0 Å². The Hall–Kier alpha value is -2.65. The van der Waals surface area contributed by atoms with Crippen molar-refractivity contribution in [1.29, 1.82) is 0 Å². The summed E-state index contributed by atoms with van der Waals surface area (Å²) in [6, 6.07) is 2.12. The van der Waals surface area contributed by atoms with Gasteiger partial charge in [0, 0.05) is 44.9 Å². The zero-order chi connectivity index (χ0) is 18.4. The number of alkyl halides is 3. The van der Waals surface area contributed by atoms with Gasteiger partial charge in [0.05, 0.1) is 0 Å². The maximum absolute atomic E-state index is 13.2. The molecule has 0 aliphatic carbocycles. The number of amides is 2. The Kier molecular flexibility index (Phi) is 4.13. The van der Waals surface area contributed by atoms with Gasteiger partial charge in [-0.3, -0.25) is 9.59 Å². The van der Waals surface area contributed by atoms with Crippen LogP contribution in [0.5, 0.6) is 0 Å². The van der Waals surface area contributed by atoms with Crippen molar-refractivity contribution in [3.05, 3.63) is 29.2 Å². The van der Waals surface area contributed by atoms with Crippen molar-refractivity contribution in [3.8, 4) is 0 Å². The molecule has 0 atom stereocenters. The number of rotatable bonds is 1. The van der Waals surface area contributed by atoms with Gasteiger partial charge in [-0.15, -0.1) is 0 Å². The molecule has 7 nitrogen and oxygen atoms in total. The first kappa shape index (κ1) is 17.2. The van der Waals surface area contributed by atoms with Crippen molar-refractivity contribution in [2.75, 3.05) is 26.7 Å². The number of fused-ring (bicyclic) bond motifs is 1. The van der Waals surface area contributed by atoms with E-state index in [0.717, 1.165) is 6.07 Å². The van der Waals surface area contributed by atoms with Crippen molar-refractivity contribution >= 4 is 17.5 Å². The highest BCUT2D eigenvalue weighted by Gasteiger charge is 2.35. The number of hydrogen-bond acceptors (Lipinski definition) is 4. The number of aromatic nitrogens is 3. The molecule has 1 fully saturated rings. The van der Waals surface area contributed by atoms with E-state index in [1.54, 1.807) is 7.05 Å². The van der Waals surface area contributed by atoms with Gasteiger partial charge in [-0.05, 0) is 13.0 Å². The molecule has 134 valence electrons. The lowest BCUT2D eigenvalue weighted by Gasteiger charge is -2.18. The molecule has 3 heterocycles. The van der Waals surface area contributed by atoms with Gasteiger partial charge in [0.15, 0.2) is 11.3 Å². The highest BCUT2D eigenvalue weighted by molar-refractivity contribution is 5.94. The maximum atomic E-state index is 13.2. The average molecular weight is 355 g/mol. The minimum atomic E-state index is -4.62. The van der Waals surface area contributed by atoms with Gasteiger partial charge < -0.3 is 9.80 Å². The second-order valence-electron chi connectivity index (χ2n) is 5.94. The van der Waals surface area contributed by atoms with E-state index in [-0.39, 0.29) is 35.9 Å². The van der Waals surface area contributed by atoms with Crippen molar-refractivity contribution in [3.63, 3.8) is 0 Å². The molecule has 0 unspecified atom stereocenters. The molecule has 2 aromatic rings. The Morgan fingerprint density at radius 2 is 1.92 bits per heavy atom. The number of halogens is 3. The molecule has 2 amide bonds. The molecular weight excluding hydrogens is 339 g/mol. The number of likely N-dealkylation sites (N-methyl/N-ethyl adjacent to an activating group) is 1. The van der Waals surface area contributed by atoms with Crippen molar-refractivity contribution in [2.24, 2.45) is 0 Å². The summed E-state index contributed by atoms with van der Waals surface area (Å²) in [7, 11) is 1.64. The van der Waals surface area contributed by atoms with Gasteiger partial charge in [0.2, 0.25) is 5.91 Å². The topological polar surface area (TPSA) is 70.8 Å². The van der Waals surface area contributed by atoms with Crippen LogP contribution in [0.25, 0.3) is 5.65 Å². The van der Waals surface area contributed by atoms with Gasteiger partial charge in [-0.1, -0.05) is 0 Å². The fourth-order valence-electron chi connectivity index (χ4n) is 2.70. The van der Waals surface area contributed by atoms with E-state index in [0.29, 0.717) is 17.6 Å². The van der Waals surface area contributed by atoms with E-state index in [9.17, 15) is 22.8 Å². The SMILES string of the molecule is Cc1cc(C(F)(F)F)n2nc(C(=O)N3CCC(=O)N(C)CC3)cc2n1. The summed E-state index contributed by atoms with van der Waals surface area (Å²) in [6.45, 7) is 2.31. The minimum Gasteiger partial charge on any atom is -0.344 e. The lowest BCUT2D eigenvalue weighted by molar-refractivity contribution is -0.142. The molecule has 1 aliphatic heterocycles. The highest BCUT2D eigenvalue weighted by atomic mass is 19.4. The third-order valence-corrected chi connectivity index (χ3v) is 4.08. The van der Waals surface area contributed by atoms with Gasteiger partial charge >= 0.3 is 6.18 Å². The van der Waals surface area contributed by atoms with Crippen molar-refractivity contribution < 1.29 is 22.8 Å². The fourth-order valence-corrected chi connectivity index (χ4v) is 2.70. The van der Waals surface area contributed by atoms with Crippen LogP contribution < -0.4 is 0 Å². The molecule has 1 aliphatic rings. The standard InChI is InChI=1S/C15H16F3N5O2/c1-9-7-11(15(16,17)18)23-12(19-9)8-10(20-23)14(25)22-4-3-13(24)21(2)5-6-22/h7-8H,3-6H2,1-2H3. The number of carbonyl (C=O) groups is 2. The molecule has 3 rings (SSSR count). The number of carbonyl (C=O) groups excluding carboxylic acids is 2. The van der Waals surface area contributed by atoms with Crippen LogP contribution in [0.15, 0.2) is 12.1 Å². The minimum absolute atomic E-state index is 0.0429. The van der Waals surface area contributed by atoms with Crippen LogP contribution in [0.1, 0.15) is 28.3 Å². The monoisotopic (exact) mass is 355 g/mol. The Bertz CT molecular complexity index is 846. The predicted octanol–water partition coefficient (Wildman–Crippen LogP) is 1.36. The zero-order valence-electron chi connectivity index (χ0n) is 13.7. The van der Waals surface area contributed by atoms with Crippen LogP contribution in [-0.4, -0.2) is 62.9 Å². The molecular formula is C15H16F3N5O2. The molecule has 1 saturated heterocycles. The molecule has 0 aromatic carbocycles. The first-order valence-corrected chi connectivity index (χ1v) is 7.64. The van der Waals surface area contributed by atoms with Crippen molar-refractivity contribution in [1.82, 2.24) is 24.4 Å². The van der Waals surface area contributed by atoms with E-state index in [2.05, 4.69) is 10.1 Å². The number of hydrogen-bond donors (Lipinski definition) is 0.